The van der Waals surface area contributed by atoms with Gasteiger partial charge in [0.15, 0.2) is 5.78 Å². The van der Waals surface area contributed by atoms with Crippen molar-refractivity contribution in [1.29, 1.82) is 0 Å². The Morgan fingerprint density at radius 2 is 0.776 bits per heavy atom. The summed E-state index contributed by atoms with van der Waals surface area (Å²) in [5, 5.41) is 40.7. The Labute approximate surface area is 304 Å². The number of rotatable bonds is 39. The lowest BCUT2D eigenvalue weighted by Crippen LogP contribution is -2.22. The molecule has 4 N–H and O–H groups in total. The molecule has 0 saturated carbocycles. The first kappa shape index (κ1) is 48.0. The maximum atomic E-state index is 12.4. The molecule has 0 aromatic carbocycles. The number of ketones is 1. The quantitative estimate of drug-likeness (QED) is 0.0292. The monoisotopic (exact) mass is 693 g/mol. The second-order valence-electron chi connectivity index (χ2n) is 15.0. The molecule has 49 heavy (non-hydrogen) atoms. The molecule has 0 spiro atoms. The van der Waals surface area contributed by atoms with Crippen LogP contribution in [0.15, 0.2) is 24.3 Å². The van der Waals surface area contributed by atoms with Crippen molar-refractivity contribution < 1.29 is 25.2 Å². The number of hydrogen-bond acceptors (Lipinski definition) is 5. The molecule has 0 aromatic rings. The van der Waals surface area contributed by atoms with Crippen LogP contribution < -0.4 is 0 Å². The van der Waals surface area contributed by atoms with E-state index in [-0.39, 0.29) is 12.4 Å². The molecule has 0 amide bonds. The standard InChI is InChI=1S/C44H84O5/c1-3-5-7-9-11-13-15-16-17-18-19-20-21-22-23-24-26-28-30-32-34-43(48)44(49)37-35-40(39-45)42(47)38-36-41(46)33-31-29-27-25-14-12-10-8-6-4-2/h35-38,40-43,45-48H,3-34,39H2,1-2H3/b37-35-,38-36+. The Bertz CT molecular complexity index is 735. The van der Waals surface area contributed by atoms with E-state index in [4.69, 9.17) is 0 Å². The second-order valence-corrected chi connectivity index (χ2v) is 15.0. The van der Waals surface area contributed by atoms with Crippen molar-refractivity contribution in [3.8, 4) is 0 Å². The molecular weight excluding hydrogens is 608 g/mol. The van der Waals surface area contributed by atoms with E-state index in [0.29, 0.717) is 12.8 Å². The number of aliphatic hydroxyl groups is 4. The molecule has 4 unspecified atom stereocenters. The molecule has 0 heterocycles. The molecule has 0 aliphatic heterocycles. The van der Waals surface area contributed by atoms with Crippen LogP contribution in [-0.4, -0.2) is 51.1 Å². The molecular formula is C44H84O5. The first-order valence-corrected chi connectivity index (χ1v) is 21.5. The minimum Gasteiger partial charge on any atom is -0.396 e. The lowest BCUT2D eigenvalue weighted by Gasteiger charge is -2.15. The summed E-state index contributed by atoms with van der Waals surface area (Å²) in [6.45, 7) is 4.20. The van der Waals surface area contributed by atoms with Gasteiger partial charge in [0.05, 0.1) is 18.8 Å². The summed E-state index contributed by atoms with van der Waals surface area (Å²) in [7, 11) is 0. The van der Waals surface area contributed by atoms with Crippen molar-refractivity contribution in [2.24, 2.45) is 5.92 Å². The number of hydrogen-bond donors (Lipinski definition) is 4. The van der Waals surface area contributed by atoms with E-state index in [1.807, 2.05) is 0 Å². The summed E-state index contributed by atoms with van der Waals surface area (Å²) < 4.78 is 0. The molecule has 0 bridgehead atoms. The number of carbonyl (C=O) groups excluding carboxylic acids is 1. The fourth-order valence-electron chi connectivity index (χ4n) is 6.67. The van der Waals surface area contributed by atoms with Gasteiger partial charge in [0.2, 0.25) is 0 Å². The van der Waals surface area contributed by atoms with Crippen molar-refractivity contribution in [3.63, 3.8) is 0 Å². The molecule has 4 atom stereocenters. The minimum atomic E-state index is -1.04. The fourth-order valence-corrected chi connectivity index (χ4v) is 6.67. The van der Waals surface area contributed by atoms with Crippen LogP contribution >= 0.6 is 0 Å². The molecule has 0 rings (SSSR count). The summed E-state index contributed by atoms with van der Waals surface area (Å²) in [4.78, 5) is 12.4. The lowest BCUT2D eigenvalue weighted by molar-refractivity contribution is -0.122. The van der Waals surface area contributed by atoms with Gasteiger partial charge in [-0.15, -0.1) is 0 Å². The largest absolute Gasteiger partial charge is 0.396 e. The molecule has 0 radical (unpaired) electrons. The van der Waals surface area contributed by atoms with Gasteiger partial charge in [-0.05, 0) is 18.9 Å². The normalized spacial score (nSPS) is 14.6. The minimum absolute atomic E-state index is 0.320. The van der Waals surface area contributed by atoms with Crippen LogP contribution in [0.25, 0.3) is 0 Å². The Morgan fingerprint density at radius 3 is 1.12 bits per heavy atom. The van der Waals surface area contributed by atoms with E-state index >= 15 is 0 Å². The zero-order chi connectivity index (χ0) is 36.0. The lowest BCUT2D eigenvalue weighted by atomic mass is 9.99. The average Bonchev–Trinajstić information content (AvgIpc) is 3.10. The van der Waals surface area contributed by atoms with Gasteiger partial charge in [-0.3, -0.25) is 4.79 Å². The molecule has 0 aliphatic carbocycles. The third-order valence-electron chi connectivity index (χ3n) is 10.2. The molecule has 0 fully saturated rings. The first-order chi connectivity index (χ1) is 24.0. The van der Waals surface area contributed by atoms with Crippen LogP contribution in [0.4, 0.5) is 0 Å². The van der Waals surface area contributed by atoms with Crippen LogP contribution in [-0.2, 0) is 4.79 Å². The molecule has 5 heteroatoms. The van der Waals surface area contributed by atoms with E-state index in [2.05, 4.69) is 13.8 Å². The van der Waals surface area contributed by atoms with Crippen LogP contribution in [0.3, 0.4) is 0 Å². The third kappa shape index (κ3) is 33.9. The van der Waals surface area contributed by atoms with Gasteiger partial charge in [0, 0.05) is 5.92 Å². The SMILES string of the molecule is CCCCCCCCCCCCCCCCCCCCCCC(O)C(=O)/C=C\C(CO)C(O)/C=C/C(O)CCCCCCCCCCCC. The Kier molecular flexibility index (Phi) is 37.4. The molecule has 0 aliphatic rings. The second kappa shape index (κ2) is 38.2. The van der Waals surface area contributed by atoms with Crippen molar-refractivity contribution in [2.75, 3.05) is 6.61 Å². The summed E-state index contributed by atoms with van der Waals surface area (Å²) in [5.41, 5.74) is 0. The van der Waals surface area contributed by atoms with Gasteiger partial charge in [-0.2, -0.15) is 0 Å². The van der Waals surface area contributed by atoms with Crippen molar-refractivity contribution in [1.82, 2.24) is 0 Å². The Morgan fingerprint density at radius 1 is 0.449 bits per heavy atom. The van der Waals surface area contributed by atoms with Gasteiger partial charge in [0.25, 0.3) is 0 Å². The molecule has 290 valence electrons. The van der Waals surface area contributed by atoms with E-state index in [1.54, 1.807) is 6.08 Å². The topological polar surface area (TPSA) is 98.0 Å². The predicted octanol–water partition coefficient (Wildman–Crippen LogP) is 11.9. The van der Waals surface area contributed by atoms with Crippen LogP contribution in [0.2, 0.25) is 0 Å². The predicted molar refractivity (Wildman–Crippen MR) is 211 cm³/mol. The van der Waals surface area contributed by atoms with E-state index < -0.39 is 24.2 Å². The molecule has 0 aromatic heterocycles. The number of unbranched alkanes of at least 4 members (excludes halogenated alkanes) is 28. The third-order valence-corrected chi connectivity index (χ3v) is 10.2. The maximum Gasteiger partial charge on any atom is 0.183 e. The Hall–Kier alpha value is -1.01. The number of carbonyl (C=O) groups is 1. The highest BCUT2D eigenvalue weighted by atomic mass is 16.3. The summed E-state index contributed by atoms with van der Waals surface area (Å²) in [6, 6.07) is 0. The van der Waals surface area contributed by atoms with Crippen LogP contribution in [0, 0.1) is 5.92 Å². The van der Waals surface area contributed by atoms with E-state index in [1.165, 1.54) is 179 Å². The zero-order valence-corrected chi connectivity index (χ0v) is 32.7. The summed E-state index contributed by atoms with van der Waals surface area (Å²) in [5.74, 6) is -1.04. The average molecular weight is 693 g/mol. The number of aliphatic hydroxyl groups excluding tert-OH is 4. The highest BCUT2D eigenvalue weighted by Gasteiger charge is 2.16. The van der Waals surface area contributed by atoms with Crippen molar-refractivity contribution in [2.45, 2.75) is 238 Å². The van der Waals surface area contributed by atoms with Crippen LogP contribution in [0.1, 0.15) is 219 Å². The van der Waals surface area contributed by atoms with Gasteiger partial charge >= 0.3 is 0 Å². The smallest absolute Gasteiger partial charge is 0.183 e. The highest BCUT2D eigenvalue weighted by molar-refractivity contribution is 5.93. The molecule has 0 saturated heterocycles. The summed E-state index contributed by atoms with van der Waals surface area (Å²) >= 11 is 0. The maximum absolute atomic E-state index is 12.4. The fraction of sp³-hybridized carbons (Fsp3) is 0.886. The molecule has 5 nitrogen and oxygen atoms in total. The van der Waals surface area contributed by atoms with Gasteiger partial charge < -0.3 is 20.4 Å². The summed E-state index contributed by atoms with van der Waals surface area (Å²) in [6.07, 6.45) is 43.2. The van der Waals surface area contributed by atoms with Gasteiger partial charge in [-0.25, -0.2) is 0 Å². The van der Waals surface area contributed by atoms with Crippen molar-refractivity contribution >= 4 is 5.78 Å². The first-order valence-electron chi connectivity index (χ1n) is 21.5. The Balaban J connectivity index is 3.79. The van der Waals surface area contributed by atoms with Gasteiger partial charge in [-0.1, -0.05) is 225 Å². The van der Waals surface area contributed by atoms with Gasteiger partial charge in [0.1, 0.15) is 6.10 Å². The van der Waals surface area contributed by atoms with Crippen molar-refractivity contribution in [3.05, 3.63) is 24.3 Å². The van der Waals surface area contributed by atoms with E-state index in [0.717, 1.165) is 32.1 Å². The highest BCUT2D eigenvalue weighted by Crippen LogP contribution is 2.17. The van der Waals surface area contributed by atoms with E-state index in [9.17, 15) is 25.2 Å². The van der Waals surface area contributed by atoms with Crippen LogP contribution in [0.5, 0.6) is 0 Å². The zero-order valence-electron chi connectivity index (χ0n) is 32.7.